The van der Waals surface area contributed by atoms with Crippen molar-refractivity contribution in [2.24, 2.45) is 0 Å². The summed E-state index contributed by atoms with van der Waals surface area (Å²) in [7, 11) is 0. The van der Waals surface area contributed by atoms with Crippen molar-refractivity contribution in [2.75, 3.05) is 44.7 Å². The number of rotatable bonds is 4. The third kappa shape index (κ3) is 6.61. The first-order valence-electron chi connectivity index (χ1n) is 7.42. The highest BCUT2D eigenvalue weighted by molar-refractivity contribution is 7.80. The number of nitrogens with one attached hydrogen (secondary N) is 5. The number of morpholine rings is 1. The Bertz CT molecular complexity index is 540. The molecule has 0 aliphatic carbocycles. The number of halogens is 1. The molecule has 0 radical (unpaired) electrons. The smallest absolute Gasteiger partial charge is 0.189 e. The maximum Gasteiger partial charge on any atom is 0.189 e. The van der Waals surface area contributed by atoms with Crippen LogP contribution in [0.4, 0.5) is 10.1 Å². The molecule has 0 atom stereocenters. The van der Waals surface area contributed by atoms with Crippen LogP contribution in [0.5, 0.6) is 0 Å². The van der Waals surface area contributed by atoms with E-state index < -0.39 is 0 Å². The van der Waals surface area contributed by atoms with Crippen LogP contribution in [0.2, 0.25) is 0 Å². The molecule has 0 unspecified atom stereocenters. The number of anilines is 1. The molecule has 1 saturated heterocycles. The van der Waals surface area contributed by atoms with E-state index in [1.54, 1.807) is 18.2 Å². The second-order valence-corrected chi connectivity index (χ2v) is 5.87. The molecule has 0 bridgehead atoms. The molecule has 6 nitrogen and oxygen atoms in total. The molecule has 1 fully saturated rings. The summed E-state index contributed by atoms with van der Waals surface area (Å²) in [5.74, 6) is -0.370. The Kier molecular flexibility index (Phi) is 7.40. The van der Waals surface area contributed by atoms with Gasteiger partial charge in [0.2, 0.25) is 0 Å². The number of hydrazine groups is 1. The van der Waals surface area contributed by atoms with E-state index in [1.165, 1.54) is 11.0 Å². The fourth-order valence-corrected chi connectivity index (χ4v) is 2.45. The number of benzene rings is 1. The molecule has 0 amide bonds. The summed E-state index contributed by atoms with van der Waals surface area (Å²) in [5, 5.41) is 6.52. The van der Waals surface area contributed by atoms with Gasteiger partial charge in [-0.1, -0.05) is 12.1 Å². The largest absolute Gasteiger partial charge is 0.370 e. The quantitative estimate of drug-likeness (QED) is 0.364. The maximum atomic E-state index is 13.5. The number of hydrogen-bond donors (Lipinski definition) is 5. The van der Waals surface area contributed by atoms with Crippen molar-refractivity contribution in [1.29, 1.82) is 0 Å². The number of quaternary nitrogens is 1. The number of para-hydroxylation sites is 1. The highest BCUT2D eigenvalue weighted by Gasteiger charge is 2.12. The zero-order valence-electron chi connectivity index (χ0n) is 12.7. The van der Waals surface area contributed by atoms with E-state index in [1.807, 2.05) is 0 Å². The molecule has 0 spiro atoms. The summed E-state index contributed by atoms with van der Waals surface area (Å²) in [4.78, 5) is 1.50. The highest BCUT2D eigenvalue weighted by atomic mass is 32.1. The summed E-state index contributed by atoms with van der Waals surface area (Å²) in [6.45, 7) is 5.41. The molecular weight excluding hydrogens is 337 g/mol. The maximum absolute atomic E-state index is 13.5. The normalized spacial score (nSPS) is 14.8. The second-order valence-electron chi connectivity index (χ2n) is 5.05. The lowest BCUT2D eigenvalue weighted by Crippen LogP contribution is -3.14. The average Bonchev–Trinajstić information content (AvgIpc) is 2.56. The van der Waals surface area contributed by atoms with Crippen LogP contribution in [0.25, 0.3) is 0 Å². The van der Waals surface area contributed by atoms with Gasteiger partial charge in [-0.25, -0.2) is 4.39 Å². The molecule has 5 N–H and O–H groups in total. The fourth-order valence-electron chi connectivity index (χ4n) is 2.14. The molecule has 0 saturated carbocycles. The van der Waals surface area contributed by atoms with Crippen molar-refractivity contribution in [1.82, 2.24) is 16.2 Å². The molecule has 1 aromatic carbocycles. The molecule has 1 aliphatic heterocycles. The molecule has 2 rings (SSSR count). The Hall–Kier alpha value is -1.55. The van der Waals surface area contributed by atoms with Crippen LogP contribution in [0, 0.1) is 5.82 Å². The minimum atomic E-state index is -0.370. The van der Waals surface area contributed by atoms with E-state index in [0.29, 0.717) is 10.8 Å². The fraction of sp³-hybridized carbons (Fsp3) is 0.429. The van der Waals surface area contributed by atoms with Crippen molar-refractivity contribution in [3.05, 3.63) is 30.1 Å². The predicted octanol–water partition coefficient (Wildman–Crippen LogP) is -0.594. The highest BCUT2D eigenvalue weighted by Crippen LogP contribution is 2.11. The van der Waals surface area contributed by atoms with Crippen LogP contribution in [0.1, 0.15) is 0 Å². The average molecular weight is 358 g/mol. The summed E-state index contributed by atoms with van der Waals surface area (Å²) in [6, 6.07) is 6.30. The third-order valence-electron chi connectivity index (χ3n) is 3.38. The van der Waals surface area contributed by atoms with E-state index >= 15 is 0 Å². The minimum absolute atomic E-state index is 0.234. The van der Waals surface area contributed by atoms with Gasteiger partial charge in [0.25, 0.3) is 0 Å². The predicted molar refractivity (Wildman–Crippen MR) is 95.9 cm³/mol. The SMILES string of the molecule is Fc1ccccc1NC(=S)NNC(=S)NCC[NH+]1CCOCC1. The Morgan fingerprint density at radius 1 is 1.13 bits per heavy atom. The van der Waals surface area contributed by atoms with E-state index in [2.05, 4.69) is 21.5 Å². The van der Waals surface area contributed by atoms with Gasteiger partial charge in [0.15, 0.2) is 10.2 Å². The summed E-state index contributed by atoms with van der Waals surface area (Å²) < 4.78 is 18.8. The van der Waals surface area contributed by atoms with Gasteiger partial charge in [0, 0.05) is 0 Å². The molecule has 1 heterocycles. The monoisotopic (exact) mass is 358 g/mol. The van der Waals surface area contributed by atoms with Gasteiger partial charge < -0.3 is 20.3 Å². The van der Waals surface area contributed by atoms with Crippen LogP contribution in [-0.4, -0.2) is 49.6 Å². The molecule has 1 aliphatic rings. The molecule has 0 aromatic heterocycles. The van der Waals surface area contributed by atoms with E-state index in [4.69, 9.17) is 29.2 Å². The molecule has 126 valence electrons. The van der Waals surface area contributed by atoms with Gasteiger partial charge in [0.1, 0.15) is 18.9 Å². The zero-order valence-corrected chi connectivity index (χ0v) is 14.3. The number of hydrogen-bond acceptors (Lipinski definition) is 3. The van der Waals surface area contributed by atoms with E-state index in [-0.39, 0.29) is 10.9 Å². The summed E-state index contributed by atoms with van der Waals surface area (Å²) >= 11 is 10.2. The van der Waals surface area contributed by atoms with Gasteiger partial charge >= 0.3 is 0 Å². The topological polar surface area (TPSA) is 61.8 Å². The van der Waals surface area contributed by atoms with Crippen LogP contribution < -0.4 is 26.4 Å². The first kappa shape index (κ1) is 17.8. The molecule has 23 heavy (non-hydrogen) atoms. The number of thiocarbonyl (C=S) groups is 2. The minimum Gasteiger partial charge on any atom is -0.370 e. The van der Waals surface area contributed by atoms with Crippen molar-refractivity contribution in [2.45, 2.75) is 0 Å². The van der Waals surface area contributed by atoms with Gasteiger partial charge in [-0.05, 0) is 36.6 Å². The van der Waals surface area contributed by atoms with Crippen LogP contribution in [0.15, 0.2) is 24.3 Å². The van der Waals surface area contributed by atoms with Crippen molar-refractivity contribution < 1.29 is 14.0 Å². The van der Waals surface area contributed by atoms with E-state index in [9.17, 15) is 4.39 Å². The van der Waals surface area contributed by atoms with Gasteiger partial charge in [-0.3, -0.25) is 10.9 Å². The Labute approximate surface area is 145 Å². The van der Waals surface area contributed by atoms with Crippen LogP contribution in [0.3, 0.4) is 0 Å². The Balaban J connectivity index is 1.60. The zero-order chi connectivity index (χ0) is 16.5. The lowest BCUT2D eigenvalue weighted by molar-refractivity contribution is -0.906. The standard InChI is InChI=1S/C14H20FN5OS2/c15-11-3-1-2-4-12(11)17-14(23)19-18-13(22)16-5-6-20-7-9-21-10-8-20/h1-4H,5-10H2,(H2,16,18,22)(H2,17,19,23)/p+1. The molecule has 1 aromatic rings. The molecule has 9 heteroatoms. The Morgan fingerprint density at radius 3 is 2.57 bits per heavy atom. The second kappa shape index (κ2) is 9.56. The van der Waals surface area contributed by atoms with E-state index in [0.717, 1.165) is 39.4 Å². The summed E-state index contributed by atoms with van der Waals surface area (Å²) in [6.07, 6.45) is 0. The van der Waals surface area contributed by atoms with Crippen molar-refractivity contribution in [3.8, 4) is 0 Å². The third-order valence-corrected chi connectivity index (χ3v) is 3.83. The lowest BCUT2D eigenvalue weighted by atomic mass is 10.3. The first-order chi connectivity index (χ1) is 11.1. The van der Waals surface area contributed by atoms with Gasteiger partial charge in [-0.15, -0.1) is 0 Å². The molecular formula is C14H21FN5OS2+. The van der Waals surface area contributed by atoms with Crippen molar-refractivity contribution >= 4 is 40.3 Å². The first-order valence-corrected chi connectivity index (χ1v) is 8.23. The van der Waals surface area contributed by atoms with Crippen molar-refractivity contribution in [3.63, 3.8) is 0 Å². The summed E-state index contributed by atoms with van der Waals surface area (Å²) in [5.41, 5.74) is 5.80. The van der Waals surface area contributed by atoms with Crippen LogP contribution in [-0.2, 0) is 4.74 Å². The van der Waals surface area contributed by atoms with Gasteiger partial charge in [0.05, 0.1) is 32.0 Å². The van der Waals surface area contributed by atoms with Crippen LogP contribution >= 0.6 is 24.4 Å². The number of ether oxygens (including phenoxy) is 1. The van der Waals surface area contributed by atoms with Gasteiger partial charge in [-0.2, -0.15) is 0 Å². The Morgan fingerprint density at radius 2 is 1.83 bits per heavy atom. The lowest BCUT2D eigenvalue weighted by Gasteiger charge is -2.24.